The molecule has 1 aromatic carbocycles. The number of nitrogens with one attached hydrogen (secondary N) is 1. The zero-order valence-corrected chi connectivity index (χ0v) is 16.7. The molecule has 1 N–H and O–H groups in total. The normalized spacial score (nSPS) is 14.8. The number of carbonyl (C=O) groups is 1. The molecule has 0 saturated carbocycles. The maximum atomic E-state index is 13.2. The fourth-order valence-electron chi connectivity index (χ4n) is 3.61. The number of urea groups is 1. The van der Waals surface area contributed by atoms with Crippen molar-refractivity contribution in [2.75, 3.05) is 41.0 Å². The van der Waals surface area contributed by atoms with Crippen molar-refractivity contribution in [1.82, 2.24) is 19.8 Å². The van der Waals surface area contributed by atoms with Gasteiger partial charge < -0.3 is 24.4 Å². The van der Waals surface area contributed by atoms with Crippen LogP contribution in [0.2, 0.25) is 0 Å². The molecule has 0 unspecified atom stereocenters. The van der Waals surface area contributed by atoms with Crippen molar-refractivity contribution in [3.8, 4) is 17.2 Å². The van der Waals surface area contributed by atoms with Gasteiger partial charge in [0.1, 0.15) is 5.52 Å². The van der Waals surface area contributed by atoms with Gasteiger partial charge in [-0.3, -0.25) is 9.36 Å². The monoisotopic (exact) mass is 390 g/mol. The predicted molar refractivity (Wildman–Crippen MR) is 105 cm³/mol. The largest absolute Gasteiger partial charge is 0.493 e. The summed E-state index contributed by atoms with van der Waals surface area (Å²) in [7, 11) is 4.52. The summed E-state index contributed by atoms with van der Waals surface area (Å²) in [6.45, 7) is 3.68. The van der Waals surface area contributed by atoms with Crippen LogP contribution in [0.15, 0.2) is 17.2 Å². The van der Waals surface area contributed by atoms with Crippen LogP contribution in [0.4, 0.5) is 4.79 Å². The third-order valence-electron chi connectivity index (χ3n) is 5.05. The Balaban J connectivity index is 1.95. The third kappa shape index (κ3) is 3.44. The molecule has 0 radical (unpaired) electrons. The Bertz CT molecular complexity index is 919. The quantitative estimate of drug-likeness (QED) is 0.836. The maximum absolute atomic E-state index is 13.2. The summed E-state index contributed by atoms with van der Waals surface area (Å²) >= 11 is 0. The Morgan fingerprint density at radius 1 is 1.18 bits per heavy atom. The highest BCUT2D eigenvalue weighted by Gasteiger charge is 2.26. The number of aromatic nitrogens is 2. The standard InChI is InChI=1S/C19H26N4O5/c1-5-20-19(25)22-8-6-12(7-9-22)23-11-21-15-13(18(23)24)10-14(26-2)16(27-3)17(15)28-4/h10-12H,5-9H2,1-4H3,(H,20,25). The highest BCUT2D eigenvalue weighted by Crippen LogP contribution is 2.41. The summed E-state index contributed by atoms with van der Waals surface area (Å²) in [6.07, 6.45) is 2.93. The van der Waals surface area contributed by atoms with Crippen molar-refractivity contribution >= 4 is 16.9 Å². The molecule has 2 aromatic rings. The predicted octanol–water partition coefficient (Wildman–Crippen LogP) is 1.79. The zero-order chi connectivity index (χ0) is 20.3. The summed E-state index contributed by atoms with van der Waals surface area (Å²) in [5.41, 5.74) is 0.266. The molecule has 1 aliphatic rings. The molecule has 1 aromatic heterocycles. The van der Waals surface area contributed by atoms with E-state index in [0.29, 0.717) is 60.6 Å². The molecule has 1 aliphatic heterocycles. The zero-order valence-electron chi connectivity index (χ0n) is 16.7. The molecule has 1 fully saturated rings. The Morgan fingerprint density at radius 2 is 1.86 bits per heavy atom. The van der Waals surface area contributed by atoms with E-state index < -0.39 is 0 Å². The molecule has 9 nitrogen and oxygen atoms in total. The highest BCUT2D eigenvalue weighted by molar-refractivity contribution is 5.89. The molecule has 2 amide bonds. The maximum Gasteiger partial charge on any atom is 0.317 e. The van der Waals surface area contributed by atoms with E-state index in [9.17, 15) is 9.59 Å². The minimum Gasteiger partial charge on any atom is -0.493 e. The van der Waals surface area contributed by atoms with Gasteiger partial charge in [-0.1, -0.05) is 0 Å². The minimum atomic E-state index is -0.166. The fraction of sp³-hybridized carbons (Fsp3) is 0.526. The lowest BCUT2D eigenvalue weighted by Crippen LogP contribution is -2.45. The summed E-state index contributed by atoms with van der Waals surface area (Å²) in [6, 6.07) is 1.55. The van der Waals surface area contributed by atoms with Crippen LogP contribution >= 0.6 is 0 Å². The van der Waals surface area contributed by atoms with E-state index in [4.69, 9.17) is 14.2 Å². The third-order valence-corrected chi connectivity index (χ3v) is 5.05. The fourth-order valence-corrected chi connectivity index (χ4v) is 3.61. The second kappa shape index (κ2) is 8.37. The molecule has 28 heavy (non-hydrogen) atoms. The Morgan fingerprint density at radius 3 is 2.43 bits per heavy atom. The van der Waals surface area contributed by atoms with E-state index in [-0.39, 0.29) is 17.6 Å². The van der Waals surface area contributed by atoms with Gasteiger partial charge in [-0.2, -0.15) is 0 Å². The Kier molecular flexibility index (Phi) is 5.91. The van der Waals surface area contributed by atoms with Crippen LogP contribution in [0.3, 0.4) is 0 Å². The number of methoxy groups -OCH3 is 3. The average Bonchev–Trinajstić information content (AvgIpc) is 2.73. The van der Waals surface area contributed by atoms with E-state index in [1.807, 2.05) is 6.92 Å². The SMILES string of the molecule is CCNC(=O)N1CCC(n2cnc3c(OC)c(OC)c(OC)cc3c2=O)CC1. The number of amides is 2. The molecule has 0 atom stereocenters. The lowest BCUT2D eigenvalue weighted by Gasteiger charge is -2.32. The van der Waals surface area contributed by atoms with Gasteiger partial charge in [0, 0.05) is 25.7 Å². The number of piperidine rings is 1. The van der Waals surface area contributed by atoms with Gasteiger partial charge in [0.25, 0.3) is 5.56 Å². The van der Waals surface area contributed by atoms with Crippen LogP contribution in [0.1, 0.15) is 25.8 Å². The first-order valence-corrected chi connectivity index (χ1v) is 9.28. The molecule has 2 heterocycles. The Hall–Kier alpha value is -2.97. The van der Waals surface area contributed by atoms with Crippen molar-refractivity contribution in [2.24, 2.45) is 0 Å². The molecule has 0 spiro atoms. The molecule has 152 valence electrons. The van der Waals surface area contributed by atoms with Crippen molar-refractivity contribution in [1.29, 1.82) is 0 Å². The summed E-state index contributed by atoms with van der Waals surface area (Å²) in [5.74, 6) is 1.18. The van der Waals surface area contributed by atoms with Gasteiger partial charge in [0.15, 0.2) is 11.5 Å². The van der Waals surface area contributed by atoms with Crippen LogP contribution in [0.5, 0.6) is 17.2 Å². The molecular weight excluding hydrogens is 364 g/mol. The van der Waals surface area contributed by atoms with Crippen molar-refractivity contribution < 1.29 is 19.0 Å². The van der Waals surface area contributed by atoms with Crippen LogP contribution in [0, 0.1) is 0 Å². The second-order valence-corrected chi connectivity index (χ2v) is 6.55. The second-order valence-electron chi connectivity index (χ2n) is 6.55. The number of benzene rings is 1. The van der Waals surface area contributed by atoms with Gasteiger partial charge in [-0.15, -0.1) is 0 Å². The first-order valence-electron chi connectivity index (χ1n) is 9.28. The highest BCUT2D eigenvalue weighted by atomic mass is 16.5. The molecule has 9 heteroatoms. The molecule has 0 aliphatic carbocycles. The van der Waals surface area contributed by atoms with Crippen molar-refractivity contribution in [3.05, 3.63) is 22.7 Å². The number of likely N-dealkylation sites (tertiary alicyclic amines) is 1. The average molecular weight is 390 g/mol. The summed E-state index contributed by atoms with van der Waals surface area (Å²) < 4.78 is 17.8. The molecule has 3 rings (SSSR count). The number of rotatable bonds is 5. The topological polar surface area (TPSA) is 94.9 Å². The van der Waals surface area contributed by atoms with Crippen LogP contribution < -0.4 is 25.1 Å². The van der Waals surface area contributed by atoms with Gasteiger partial charge in [0.2, 0.25) is 5.75 Å². The van der Waals surface area contributed by atoms with E-state index in [0.717, 1.165) is 0 Å². The van der Waals surface area contributed by atoms with Gasteiger partial charge in [-0.05, 0) is 25.8 Å². The van der Waals surface area contributed by atoms with Gasteiger partial charge in [0.05, 0.1) is 33.0 Å². The Labute approximate surface area is 163 Å². The summed E-state index contributed by atoms with van der Waals surface area (Å²) in [4.78, 5) is 31.4. The summed E-state index contributed by atoms with van der Waals surface area (Å²) in [5, 5.41) is 3.21. The first-order chi connectivity index (χ1) is 13.5. The number of fused-ring (bicyclic) bond motifs is 1. The number of ether oxygens (including phenoxy) is 3. The van der Waals surface area contributed by atoms with Crippen LogP contribution in [-0.4, -0.2) is 61.4 Å². The lowest BCUT2D eigenvalue weighted by atomic mass is 10.0. The number of hydrogen-bond acceptors (Lipinski definition) is 6. The minimum absolute atomic E-state index is 0.0193. The van der Waals surface area contributed by atoms with Gasteiger partial charge >= 0.3 is 6.03 Å². The molecule has 1 saturated heterocycles. The molecular formula is C19H26N4O5. The van der Waals surface area contributed by atoms with Gasteiger partial charge in [-0.25, -0.2) is 9.78 Å². The number of hydrogen-bond donors (Lipinski definition) is 1. The first kappa shape index (κ1) is 19.8. The smallest absolute Gasteiger partial charge is 0.317 e. The van der Waals surface area contributed by atoms with Crippen LogP contribution in [-0.2, 0) is 0 Å². The number of nitrogens with zero attached hydrogens (tertiary/aromatic N) is 3. The van der Waals surface area contributed by atoms with Crippen molar-refractivity contribution in [3.63, 3.8) is 0 Å². The van der Waals surface area contributed by atoms with E-state index in [1.165, 1.54) is 21.3 Å². The lowest BCUT2D eigenvalue weighted by molar-refractivity contribution is 0.171. The van der Waals surface area contributed by atoms with E-state index >= 15 is 0 Å². The van der Waals surface area contributed by atoms with E-state index in [1.54, 1.807) is 21.9 Å². The number of carbonyl (C=O) groups excluding carboxylic acids is 1. The van der Waals surface area contributed by atoms with E-state index in [2.05, 4.69) is 10.3 Å². The van der Waals surface area contributed by atoms with Crippen molar-refractivity contribution in [2.45, 2.75) is 25.8 Å². The van der Waals surface area contributed by atoms with Crippen LogP contribution in [0.25, 0.3) is 10.9 Å². The molecule has 0 bridgehead atoms.